The molecule has 5 nitrogen and oxygen atoms in total. The maximum atomic E-state index is 12.6. The molecule has 0 saturated carbocycles. The van der Waals surface area contributed by atoms with Gasteiger partial charge in [-0.05, 0) is 55.2 Å². The highest BCUT2D eigenvalue weighted by atomic mass is 32.1. The van der Waals surface area contributed by atoms with E-state index in [0.29, 0.717) is 13.0 Å². The molecule has 2 aromatic carbocycles. The van der Waals surface area contributed by atoms with Crippen LogP contribution in [0.15, 0.2) is 42.6 Å². The van der Waals surface area contributed by atoms with E-state index < -0.39 is 11.7 Å². The molecule has 2 heterocycles. The number of benzene rings is 2. The predicted molar refractivity (Wildman–Crippen MR) is 108 cm³/mol. The number of rotatable bonds is 6. The number of nitrogens with one attached hydrogen (secondary N) is 2. The highest BCUT2D eigenvalue weighted by molar-refractivity contribution is 7.18. The Hall–Kier alpha value is -2.94. The molecule has 0 aliphatic carbocycles. The van der Waals surface area contributed by atoms with Gasteiger partial charge in [0.25, 0.3) is 0 Å². The van der Waals surface area contributed by atoms with Crippen molar-refractivity contribution in [2.24, 2.45) is 0 Å². The van der Waals surface area contributed by atoms with Crippen molar-refractivity contribution < 1.29 is 13.2 Å². The zero-order chi connectivity index (χ0) is 20.4. The lowest BCUT2D eigenvalue weighted by molar-refractivity contribution is -0.137. The van der Waals surface area contributed by atoms with Crippen LogP contribution >= 0.6 is 11.3 Å². The Morgan fingerprint density at radius 3 is 2.66 bits per heavy atom. The van der Waals surface area contributed by atoms with E-state index in [1.807, 2.05) is 19.1 Å². The van der Waals surface area contributed by atoms with Crippen LogP contribution in [0.3, 0.4) is 0 Å². The molecule has 0 radical (unpaired) electrons. The highest BCUT2D eigenvalue weighted by Gasteiger charge is 2.29. The molecule has 0 unspecified atom stereocenters. The predicted octanol–water partition coefficient (Wildman–Crippen LogP) is 5.45. The van der Waals surface area contributed by atoms with Crippen molar-refractivity contribution in [2.75, 3.05) is 11.9 Å². The molecule has 29 heavy (non-hydrogen) atoms. The molecule has 2 aromatic heterocycles. The number of alkyl halides is 3. The molecule has 0 amide bonds. The molecule has 0 fully saturated rings. The minimum atomic E-state index is -4.30. The summed E-state index contributed by atoms with van der Waals surface area (Å²) >= 11 is 1.47. The second kappa shape index (κ2) is 7.82. The Morgan fingerprint density at radius 1 is 1.10 bits per heavy atom. The SMILES string of the molecule is Cc1cc2[nH]ncc2cc1-c1nnc(NCCCc2ccc(C(F)(F)F)cc2)s1. The van der Waals surface area contributed by atoms with Gasteiger partial charge in [0.2, 0.25) is 5.13 Å². The van der Waals surface area contributed by atoms with E-state index in [1.165, 1.54) is 23.5 Å². The standard InChI is InChI=1S/C20H18F3N5S/c1-12-9-17-14(11-25-26-17)10-16(12)18-27-28-19(29-18)24-8-2-3-13-4-6-15(7-5-13)20(21,22)23/h4-7,9-11H,2-3,8H2,1H3,(H,24,28)(H,25,26). The van der Waals surface area contributed by atoms with E-state index >= 15 is 0 Å². The van der Waals surface area contributed by atoms with Crippen LogP contribution in [0.25, 0.3) is 21.5 Å². The van der Waals surface area contributed by atoms with E-state index in [9.17, 15) is 13.2 Å². The van der Waals surface area contributed by atoms with Crippen LogP contribution in [0.4, 0.5) is 18.3 Å². The van der Waals surface area contributed by atoms with Crippen LogP contribution in [-0.4, -0.2) is 26.9 Å². The maximum absolute atomic E-state index is 12.6. The van der Waals surface area contributed by atoms with Gasteiger partial charge in [-0.15, -0.1) is 10.2 Å². The minimum absolute atomic E-state index is 0.621. The monoisotopic (exact) mass is 417 g/mol. The summed E-state index contributed by atoms with van der Waals surface area (Å²) < 4.78 is 37.8. The summed E-state index contributed by atoms with van der Waals surface area (Å²) in [5.41, 5.74) is 3.35. The normalized spacial score (nSPS) is 11.9. The molecule has 4 rings (SSSR count). The van der Waals surface area contributed by atoms with Crippen molar-refractivity contribution in [3.05, 3.63) is 59.3 Å². The van der Waals surface area contributed by atoms with Gasteiger partial charge in [-0.1, -0.05) is 23.5 Å². The molecule has 0 atom stereocenters. The maximum Gasteiger partial charge on any atom is 0.416 e. The molecule has 4 aromatic rings. The number of anilines is 1. The van der Waals surface area contributed by atoms with E-state index in [0.717, 1.165) is 56.3 Å². The number of halogens is 3. The van der Waals surface area contributed by atoms with Crippen LogP contribution in [0.5, 0.6) is 0 Å². The third-order valence-electron chi connectivity index (χ3n) is 4.64. The topological polar surface area (TPSA) is 66.5 Å². The third kappa shape index (κ3) is 4.40. The van der Waals surface area contributed by atoms with Crippen molar-refractivity contribution in [3.63, 3.8) is 0 Å². The van der Waals surface area contributed by atoms with Gasteiger partial charge >= 0.3 is 6.18 Å². The number of aromatic amines is 1. The summed E-state index contributed by atoms with van der Waals surface area (Å²) in [6, 6.07) is 9.39. The Kier molecular flexibility index (Phi) is 5.23. The first-order valence-corrected chi connectivity index (χ1v) is 9.89. The fraction of sp³-hybridized carbons (Fsp3) is 0.250. The third-order valence-corrected chi connectivity index (χ3v) is 5.55. The van der Waals surface area contributed by atoms with Crippen molar-refractivity contribution in [2.45, 2.75) is 25.9 Å². The lowest BCUT2D eigenvalue weighted by Gasteiger charge is -2.07. The Bertz CT molecular complexity index is 1120. The van der Waals surface area contributed by atoms with E-state index in [1.54, 1.807) is 6.20 Å². The zero-order valence-corrected chi connectivity index (χ0v) is 16.4. The second-order valence-electron chi connectivity index (χ2n) is 6.76. The van der Waals surface area contributed by atoms with E-state index in [4.69, 9.17) is 0 Å². The summed E-state index contributed by atoms with van der Waals surface area (Å²) in [4.78, 5) is 0. The molecule has 2 N–H and O–H groups in total. The highest BCUT2D eigenvalue weighted by Crippen LogP contribution is 2.32. The number of aryl methyl sites for hydroxylation is 2. The van der Waals surface area contributed by atoms with E-state index in [2.05, 4.69) is 25.7 Å². The smallest absolute Gasteiger partial charge is 0.360 e. The first-order valence-electron chi connectivity index (χ1n) is 9.08. The number of H-pyrrole nitrogens is 1. The number of hydrogen-bond donors (Lipinski definition) is 2. The van der Waals surface area contributed by atoms with Gasteiger partial charge in [0, 0.05) is 17.5 Å². The van der Waals surface area contributed by atoms with Crippen molar-refractivity contribution >= 4 is 27.4 Å². The Balaban J connectivity index is 1.33. The van der Waals surface area contributed by atoms with Crippen molar-refractivity contribution in [1.29, 1.82) is 0 Å². The quantitative estimate of drug-likeness (QED) is 0.409. The molecular formula is C20H18F3N5S. The largest absolute Gasteiger partial charge is 0.416 e. The Labute approximate surface area is 169 Å². The van der Waals surface area contributed by atoms with Gasteiger partial charge < -0.3 is 5.32 Å². The minimum Gasteiger partial charge on any atom is -0.360 e. The van der Waals surface area contributed by atoms with Crippen LogP contribution < -0.4 is 5.32 Å². The molecule has 9 heteroatoms. The summed E-state index contributed by atoms with van der Waals surface area (Å²) in [7, 11) is 0. The molecule has 150 valence electrons. The fourth-order valence-corrected chi connectivity index (χ4v) is 3.93. The molecule has 0 bridgehead atoms. The van der Waals surface area contributed by atoms with Crippen LogP contribution in [0.2, 0.25) is 0 Å². The first-order chi connectivity index (χ1) is 13.9. The summed E-state index contributed by atoms with van der Waals surface area (Å²) in [6.07, 6.45) is -1.05. The molecule has 0 spiro atoms. The number of hydrogen-bond acceptors (Lipinski definition) is 5. The summed E-state index contributed by atoms with van der Waals surface area (Å²) in [6.45, 7) is 2.68. The van der Waals surface area contributed by atoms with Gasteiger partial charge in [0.1, 0.15) is 5.01 Å². The zero-order valence-electron chi connectivity index (χ0n) is 15.5. The molecule has 0 aliphatic rings. The van der Waals surface area contributed by atoms with Gasteiger partial charge in [0.15, 0.2) is 0 Å². The van der Waals surface area contributed by atoms with Gasteiger partial charge in [-0.3, -0.25) is 5.10 Å². The van der Waals surface area contributed by atoms with Crippen molar-refractivity contribution in [1.82, 2.24) is 20.4 Å². The van der Waals surface area contributed by atoms with E-state index in [-0.39, 0.29) is 0 Å². The lowest BCUT2D eigenvalue weighted by atomic mass is 10.1. The van der Waals surface area contributed by atoms with Crippen molar-refractivity contribution in [3.8, 4) is 10.6 Å². The number of nitrogens with zero attached hydrogens (tertiary/aromatic N) is 3. The van der Waals surface area contributed by atoms with Gasteiger partial charge in [0.05, 0.1) is 17.3 Å². The Morgan fingerprint density at radius 2 is 1.90 bits per heavy atom. The number of fused-ring (bicyclic) bond motifs is 1. The molecule has 0 saturated heterocycles. The number of aromatic nitrogens is 4. The summed E-state index contributed by atoms with van der Waals surface area (Å²) in [5.74, 6) is 0. The van der Waals surface area contributed by atoms with Crippen LogP contribution in [-0.2, 0) is 12.6 Å². The van der Waals surface area contributed by atoms with Gasteiger partial charge in [-0.2, -0.15) is 18.3 Å². The van der Waals surface area contributed by atoms with Crippen LogP contribution in [0, 0.1) is 6.92 Å². The average Bonchev–Trinajstić information content (AvgIpc) is 3.33. The average molecular weight is 417 g/mol. The fourth-order valence-electron chi connectivity index (χ4n) is 3.08. The lowest BCUT2D eigenvalue weighted by Crippen LogP contribution is -2.05. The molecular weight excluding hydrogens is 399 g/mol. The van der Waals surface area contributed by atoms with Crippen LogP contribution in [0.1, 0.15) is 23.1 Å². The molecule has 0 aliphatic heterocycles. The summed E-state index contributed by atoms with van der Waals surface area (Å²) in [5, 5.41) is 21.3. The van der Waals surface area contributed by atoms with Gasteiger partial charge in [-0.25, -0.2) is 0 Å². The first kappa shape index (κ1) is 19.4. The second-order valence-corrected chi connectivity index (χ2v) is 7.74.